The number of thioether (sulfide) groups is 2. The lowest BCUT2D eigenvalue weighted by Crippen LogP contribution is -2.29. The van der Waals surface area contributed by atoms with Crippen molar-refractivity contribution in [2.24, 2.45) is 0 Å². The minimum atomic E-state index is 0.446. The van der Waals surface area contributed by atoms with Crippen molar-refractivity contribution in [1.29, 1.82) is 0 Å². The summed E-state index contributed by atoms with van der Waals surface area (Å²) in [7, 11) is 0. The lowest BCUT2D eigenvalue weighted by atomic mass is 10.2. The van der Waals surface area contributed by atoms with Gasteiger partial charge in [0.2, 0.25) is 0 Å². The second-order valence-electron chi connectivity index (χ2n) is 4.38. The topological polar surface area (TPSA) is 17.8 Å². The molecule has 90 valence electrons. The first-order chi connectivity index (χ1) is 7.74. The third-order valence-corrected chi connectivity index (χ3v) is 6.82. The minimum Gasteiger partial charge on any atom is -0.337 e. The normalized spacial score (nSPS) is 30.5. The number of aryl methyl sites for hydroxylation is 1. The highest BCUT2D eigenvalue weighted by Crippen LogP contribution is 2.50. The molecule has 1 fully saturated rings. The number of hydrogen-bond donors (Lipinski definition) is 0. The maximum absolute atomic E-state index is 4.10. The third kappa shape index (κ3) is 2.98. The largest absolute Gasteiger partial charge is 0.337 e. The van der Waals surface area contributed by atoms with Crippen molar-refractivity contribution < 1.29 is 0 Å². The van der Waals surface area contributed by atoms with Crippen molar-refractivity contribution in [1.82, 2.24) is 9.55 Å². The Bertz CT molecular complexity index is 313. The van der Waals surface area contributed by atoms with E-state index in [1.165, 1.54) is 25.0 Å². The smallest absolute Gasteiger partial charge is 0.0945 e. The highest BCUT2D eigenvalue weighted by Gasteiger charge is 2.34. The maximum atomic E-state index is 4.10. The molecule has 0 saturated carbocycles. The van der Waals surface area contributed by atoms with Crippen molar-refractivity contribution in [3.63, 3.8) is 0 Å². The van der Waals surface area contributed by atoms with Gasteiger partial charge in [0.15, 0.2) is 0 Å². The predicted molar refractivity (Wildman–Crippen MR) is 74.0 cm³/mol. The number of hydrogen-bond acceptors (Lipinski definition) is 3. The molecule has 2 rings (SSSR count). The van der Waals surface area contributed by atoms with Gasteiger partial charge in [-0.2, -0.15) is 0 Å². The molecule has 0 bridgehead atoms. The third-order valence-electron chi connectivity index (χ3n) is 3.15. The number of nitrogens with zero attached hydrogens (tertiary/aromatic N) is 2. The highest BCUT2D eigenvalue weighted by atomic mass is 32.2. The summed E-state index contributed by atoms with van der Waals surface area (Å²) in [6.07, 6.45) is 9.72. The monoisotopic (exact) mass is 256 g/mol. The first-order valence-electron chi connectivity index (χ1n) is 6.01. The van der Waals surface area contributed by atoms with Gasteiger partial charge in [0, 0.05) is 24.2 Å². The Balaban J connectivity index is 1.93. The molecule has 2 nitrogen and oxygen atoms in total. The van der Waals surface area contributed by atoms with Crippen LogP contribution in [0, 0.1) is 0 Å². The summed E-state index contributed by atoms with van der Waals surface area (Å²) in [5, 5.41) is 0.823. The van der Waals surface area contributed by atoms with Gasteiger partial charge in [0.05, 0.1) is 10.4 Å². The van der Waals surface area contributed by atoms with E-state index >= 15 is 0 Å². The van der Waals surface area contributed by atoms with Gasteiger partial charge in [-0.15, -0.1) is 23.5 Å². The van der Waals surface area contributed by atoms with Crippen LogP contribution < -0.4 is 0 Å². The van der Waals surface area contributed by atoms with Crippen LogP contribution in [-0.2, 0) is 6.54 Å². The van der Waals surface area contributed by atoms with Crippen LogP contribution >= 0.6 is 23.5 Å². The number of imidazole rings is 1. The summed E-state index contributed by atoms with van der Waals surface area (Å²) in [5.74, 6) is 1.33. The molecule has 1 aromatic rings. The Morgan fingerprint density at radius 1 is 1.56 bits per heavy atom. The number of aromatic nitrogens is 2. The van der Waals surface area contributed by atoms with Gasteiger partial charge in [-0.1, -0.05) is 13.8 Å². The molecule has 0 aliphatic carbocycles. The van der Waals surface area contributed by atoms with Gasteiger partial charge in [0.25, 0.3) is 0 Å². The molecular formula is C12H20N2S2. The van der Waals surface area contributed by atoms with E-state index in [0.29, 0.717) is 4.08 Å². The fourth-order valence-corrected chi connectivity index (χ4v) is 5.87. The molecule has 0 N–H and O–H groups in total. The van der Waals surface area contributed by atoms with Crippen LogP contribution in [0.2, 0.25) is 0 Å². The van der Waals surface area contributed by atoms with E-state index in [1.54, 1.807) is 0 Å². The first-order valence-corrected chi connectivity index (χ1v) is 7.88. The molecule has 2 atom stereocenters. The Labute approximate surface area is 107 Å². The minimum absolute atomic E-state index is 0.446. The molecule has 2 heterocycles. The molecule has 2 unspecified atom stereocenters. The summed E-state index contributed by atoms with van der Waals surface area (Å²) in [5.41, 5.74) is 0. The van der Waals surface area contributed by atoms with Crippen molar-refractivity contribution >= 4 is 23.5 Å². The molecular weight excluding hydrogens is 236 g/mol. The van der Waals surface area contributed by atoms with E-state index < -0.39 is 0 Å². The fraction of sp³-hybridized carbons (Fsp3) is 0.750. The second kappa shape index (κ2) is 5.50. The molecule has 1 aliphatic heterocycles. The molecule has 4 heteroatoms. The van der Waals surface area contributed by atoms with Crippen LogP contribution in [0.4, 0.5) is 0 Å². The molecule has 1 aromatic heterocycles. The lowest BCUT2D eigenvalue weighted by molar-refractivity contribution is 0.581. The first kappa shape index (κ1) is 12.4. The van der Waals surface area contributed by atoms with E-state index in [0.717, 1.165) is 11.8 Å². The maximum Gasteiger partial charge on any atom is 0.0945 e. The average molecular weight is 256 g/mol. The predicted octanol–water partition coefficient (Wildman–Crippen LogP) is 3.64. The quantitative estimate of drug-likeness (QED) is 0.819. The van der Waals surface area contributed by atoms with E-state index in [2.05, 4.69) is 53.1 Å². The SMILES string of the molecule is CCC1(CCn2ccnc2)SCCC(C)S1. The molecule has 0 radical (unpaired) electrons. The van der Waals surface area contributed by atoms with Crippen molar-refractivity contribution in [3.8, 4) is 0 Å². The molecule has 16 heavy (non-hydrogen) atoms. The standard InChI is InChI=1S/C12H20N2S2/c1-3-12(15-9-4-11(2)16-12)5-7-14-8-6-13-10-14/h6,8,10-11H,3-5,7,9H2,1-2H3. The average Bonchev–Trinajstić information content (AvgIpc) is 2.79. The van der Waals surface area contributed by atoms with Crippen LogP contribution in [0.15, 0.2) is 18.7 Å². The summed E-state index contributed by atoms with van der Waals surface area (Å²) in [4.78, 5) is 4.10. The van der Waals surface area contributed by atoms with Gasteiger partial charge in [-0.05, 0) is 25.0 Å². The van der Waals surface area contributed by atoms with Crippen molar-refractivity contribution in [3.05, 3.63) is 18.7 Å². The Hall–Kier alpha value is -0.0900. The van der Waals surface area contributed by atoms with Crippen LogP contribution in [0.5, 0.6) is 0 Å². The van der Waals surface area contributed by atoms with Crippen molar-refractivity contribution in [2.75, 3.05) is 5.75 Å². The lowest BCUT2D eigenvalue weighted by Gasteiger charge is -2.38. The zero-order chi connectivity index (χ0) is 11.4. The molecule has 0 amide bonds. The summed E-state index contributed by atoms with van der Waals surface area (Å²) in [6, 6.07) is 0. The second-order valence-corrected chi connectivity index (χ2v) is 7.94. The molecule has 0 spiro atoms. The molecule has 0 aromatic carbocycles. The number of rotatable bonds is 4. The Morgan fingerprint density at radius 2 is 2.44 bits per heavy atom. The van der Waals surface area contributed by atoms with E-state index in [9.17, 15) is 0 Å². The summed E-state index contributed by atoms with van der Waals surface area (Å²) >= 11 is 4.35. The van der Waals surface area contributed by atoms with Gasteiger partial charge >= 0.3 is 0 Å². The van der Waals surface area contributed by atoms with Crippen LogP contribution in [0.1, 0.15) is 33.1 Å². The highest BCUT2D eigenvalue weighted by molar-refractivity contribution is 8.19. The van der Waals surface area contributed by atoms with Gasteiger partial charge < -0.3 is 4.57 Å². The van der Waals surface area contributed by atoms with Gasteiger partial charge in [-0.3, -0.25) is 0 Å². The van der Waals surface area contributed by atoms with Gasteiger partial charge in [-0.25, -0.2) is 4.98 Å². The summed E-state index contributed by atoms with van der Waals surface area (Å²) in [6.45, 7) is 5.79. The Kier molecular flexibility index (Phi) is 4.25. The summed E-state index contributed by atoms with van der Waals surface area (Å²) < 4.78 is 2.64. The van der Waals surface area contributed by atoms with Crippen LogP contribution in [-0.4, -0.2) is 24.6 Å². The van der Waals surface area contributed by atoms with Crippen molar-refractivity contribution in [2.45, 2.75) is 49.0 Å². The van der Waals surface area contributed by atoms with Crippen LogP contribution in [0.25, 0.3) is 0 Å². The zero-order valence-corrected chi connectivity index (χ0v) is 11.7. The van der Waals surface area contributed by atoms with E-state index in [1.807, 2.05) is 12.5 Å². The van der Waals surface area contributed by atoms with E-state index in [4.69, 9.17) is 0 Å². The zero-order valence-electron chi connectivity index (χ0n) is 10.1. The van der Waals surface area contributed by atoms with Gasteiger partial charge in [0.1, 0.15) is 0 Å². The van der Waals surface area contributed by atoms with Crippen LogP contribution in [0.3, 0.4) is 0 Å². The molecule has 1 saturated heterocycles. The Morgan fingerprint density at radius 3 is 3.06 bits per heavy atom. The molecule has 1 aliphatic rings. The van der Waals surface area contributed by atoms with E-state index in [-0.39, 0.29) is 0 Å². The fourth-order valence-electron chi connectivity index (χ4n) is 2.08.